The summed E-state index contributed by atoms with van der Waals surface area (Å²) < 4.78 is 28.1. The number of aryl methyl sites for hydroxylation is 1. The van der Waals surface area contributed by atoms with E-state index >= 15 is 0 Å². The first kappa shape index (κ1) is 17.5. The molecule has 1 heterocycles. The molecule has 5 heteroatoms. The van der Waals surface area contributed by atoms with Gasteiger partial charge in [0.05, 0.1) is 10.9 Å². The summed E-state index contributed by atoms with van der Waals surface area (Å²) in [5.41, 5.74) is 2.23. The molecule has 3 rings (SSSR count). The normalized spacial score (nSPS) is 19.8. The van der Waals surface area contributed by atoms with Gasteiger partial charge in [-0.2, -0.15) is 4.31 Å². The predicted molar refractivity (Wildman–Crippen MR) is 97.7 cm³/mol. The van der Waals surface area contributed by atoms with Gasteiger partial charge >= 0.3 is 0 Å². The van der Waals surface area contributed by atoms with Crippen LogP contribution in [0.3, 0.4) is 0 Å². The Labute approximate surface area is 149 Å². The van der Waals surface area contributed by atoms with Crippen LogP contribution in [0.5, 0.6) is 0 Å². The van der Waals surface area contributed by atoms with Gasteiger partial charge in [-0.15, -0.1) is 0 Å². The molecule has 0 bridgehead atoms. The van der Waals surface area contributed by atoms with Crippen molar-refractivity contribution < 1.29 is 8.42 Å². The van der Waals surface area contributed by atoms with E-state index in [-0.39, 0.29) is 6.04 Å². The molecule has 0 radical (unpaired) electrons. The van der Waals surface area contributed by atoms with Gasteiger partial charge in [0.1, 0.15) is 0 Å². The van der Waals surface area contributed by atoms with Crippen molar-refractivity contribution in [2.45, 2.75) is 43.5 Å². The fourth-order valence-corrected chi connectivity index (χ4v) is 5.13. The molecule has 0 spiro atoms. The van der Waals surface area contributed by atoms with Gasteiger partial charge in [0.25, 0.3) is 0 Å². The van der Waals surface area contributed by atoms with E-state index < -0.39 is 10.0 Å². The largest absolute Gasteiger partial charge is 0.243 e. The number of rotatable bonds is 3. The summed E-state index contributed by atoms with van der Waals surface area (Å²) in [6.07, 6.45) is 3.87. The highest BCUT2D eigenvalue weighted by Crippen LogP contribution is 2.35. The first-order chi connectivity index (χ1) is 11.5. The first-order valence-corrected chi connectivity index (χ1v) is 10.1. The Kier molecular flexibility index (Phi) is 5.28. The van der Waals surface area contributed by atoms with Crippen LogP contribution in [0.2, 0.25) is 5.02 Å². The Bertz CT molecular complexity index is 802. The minimum Gasteiger partial charge on any atom is -0.207 e. The summed E-state index contributed by atoms with van der Waals surface area (Å²) in [6.45, 7) is 2.60. The zero-order chi connectivity index (χ0) is 17.2. The van der Waals surface area contributed by atoms with E-state index in [4.69, 9.17) is 11.6 Å². The smallest absolute Gasteiger partial charge is 0.207 e. The maximum atomic E-state index is 13.2. The van der Waals surface area contributed by atoms with E-state index in [0.29, 0.717) is 16.5 Å². The van der Waals surface area contributed by atoms with Crippen LogP contribution in [0.25, 0.3) is 0 Å². The van der Waals surface area contributed by atoms with Crippen LogP contribution in [0, 0.1) is 6.92 Å². The summed E-state index contributed by atoms with van der Waals surface area (Å²) in [5, 5.41) is 0.542. The van der Waals surface area contributed by atoms with Crippen molar-refractivity contribution in [3.63, 3.8) is 0 Å². The second-order valence-electron chi connectivity index (χ2n) is 6.35. The Morgan fingerprint density at radius 3 is 2.50 bits per heavy atom. The molecule has 128 valence electrons. The van der Waals surface area contributed by atoms with Crippen molar-refractivity contribution in [2.75, 3.05) is 6.54 Å². The summed E-state index contributed by atoms with van der Waals surface area (Å²) in [6, 6.07) is 14.5. The molecule has 0 aromatic heterocycles. The van der Waals surface area contributed by atoms with Crippen LogP contribution in [-0.2, 0) is 10.0 Å². The van der Waals surface area contributed by atoms with Gasteiger partial charge in [0.2, 0.25) is 10.0 Å². The third kappa shape index (κ3) is 3.66. The molecule has 24 heavy (non-hydrogen) atoms. The summed E-state index contributed by atoms with van der Waals surface area (Å²) in [5.74, 6) is 0. The highest BCUT2D eigenvalue weighted by atomic mass is 35.5. The van der Waals surface area contributed by atoms with E-state index in [1.165, 1.54) is 0 Å². The first-order valence-electron chi connectivity index (χ1n) is 8.32. The quantitative estimate of drug-likeness (QED) is 0.773. The van der Waals surface area contributed by atoms with Crippen LogP contribution >= 0.6 is 11.6 Å². The number of nitrogens with zero attached hydrogens (tertiary/aromatic N) is 1. The average molecular weight is 364 g/mol. The second-order valence-corrected chi connectivity index (χ2v) is 8.68. The monoisotopic (exact) mass is 363 g/mol. The standard InChI is InChI=1S/C19H22ClNO2S/c1-15-6-5-7-16(14-15)19-8-3-2-4-13-21(19)24(22,23)18-11-9-17(20)10-12-18/h5-7,9-12,14,19H,2-4,8,13H2,1H3. The molecular formula is C19H22ClNO2S. The summed E-state index contributed by atoms with van der Waals surface area (Å²) >= 11 is 5.91. The molecule has 1 aliphatic rings. The number of benzene rings is 2. The van der Waals surface area contributed by atoms with Crippen LogP contribution in [0.4, 0.5) is 0 Å². The minimum atomic E-state index is -3.54. The Morgan fingerprint density at radius 1 is 1.04 bits per heavy atom. The molecule has 1 fully saturated rings. The lowest BCUT2D eigenvalue weighted by Crippen LogP contribution is -2.34. The van der Waals surface area contributed by atoms with E-state index in [0.717, 1.165) is 36.8 Å². The topological polar surface area (TPSA) is 37.4 Å². The molecular weight excluding hydrogens is 342 g/mol. The molecule has 0 aliphatic carbocycles. The van der Waals surface area contributed by atoms with Crippen LogP contribution in [0.15, 0.2) is 53.4 Å². The van der Waals surface area contributed by atoms with E-state index in [1.807, 2.05) is 25.1 Å². The lowest BCUT2D eigenvalue weighted by Gasteiger charge is -2.29. The molecule has 1 unspecified atom stereocenters. The zero-order valence-electron chi connectivity index (χ0n) is 13.8. The molecule has 2 aromatic rings. The maximum absolute atomic E-state index is 13.2. The van der Waals surface area contributed by atoms with Crippen LogP contribution < -0.4 is 0 Å². The van der Waals surface area contributed by atoms with Gasteiger partial charge in [-0.05, 0) is 49.6 Å². The molecule has 1 saturated heterocycles. The Hall–Kier alpha value is -1.36. The summed E-state index contributed by atoms with van der Waals surface area (Å²) in [7, 11) is -3.54. The SMILES string of the molecule is Cc1cccc(C2CCCCCN2S(=O)(=O)c2ccc(Cl)cc2)c1. The highest BCUT2D eigenvalue weighted by molar-refractivity contribution is 7.89. The van der Waals surface area contributed by atoms with Crippen LogP contribution in [-0.4, -0.2) is 19.3 Å². The second kappa shape index (κ2) is 7.26. The molecule has 3 nitrogen and oxygen atoms in total. The van der Waals surface area contributed by atoms with E-state index in [2.05, 4.69) is 6.07 Å². The minimum absolute atomic E-state index is 0.104. The third-order valence-corrected chi connectivity index (χ3v) is 6.73. The molecule has 0 N–H and O–H groups in total. The van der Waals surface area contributed by atoms with Gasteiger partial charge in [-0.1, -0.05) is 54.3 Å². The number of hydrogen-bond acceptors (Lipinski definition) is 2. The number of sulfonamides is 1. The fourth-order valence-electron chi connectivity index (χ4n) is 3.32. The van der Waals surface area contributed by atoms with Crippen molar-refractivity contribution >= 4 is 21.6 Å². The third-order valence-electron chi connectivity index (χ3n) is 4.55. The van der Waals surface area contributed by atoms with Crippen molar-refractivity contribution in [3.05, 3.63) is 64.7 Å². The average Bonchev–Trinajstić information content (AvgIpc) is 2.81. The molecule has 0 amide bonds. The molecule has 1 atom stereocenters. The highest BCUT2D eigenvalue weighted by Gasteiger charge is 2.33. The molecule has 2 aromatic carbocycles. The zero-order valence-corrected chi connectivity index (χ0v) is 15.4. The lowest BCUT2D eigenvalue weighted by atomic mass is 10.0. The predicted octanol–water partition coefficient (Wildman–Crippen LogP) is 4.95. The van der Waals surface area contributed by atoms with Crippen molar-refractivity contribution in [1.29, 1.82) is 0 Å². The van der Waals surface area contributed by atoms with Crippen LogP contribution in [0.1, 0.15) is 42.9 Å². The number of hydrogen-bond donors (Lipinski definition) is 0. The van der Waals surface area contributed by atoms with Gasteiger partial charge in [0, 0.05) is 11.6 Å². The maximum Gasteiger partial charge on any atom is 0.243 e. The Morgan fingerprint density at radius 2 is 1.79 bits per heavy atom. The fraction of sp³-hybridized carbons (Fsp3) is 0.368. The number of halogens is 1. The van der Waals surface area contributed by atoms with E-state index in [9.17, 15) is 8.42 Å². The van der Waals surface area contributed by atoms with E-state index in [1.54, 1.807) is 28.6 Å². The van der Waals surface area contributed by atoms with Crippen molar-refractivity contribution in [1.82, 2.24) is 4.31 Å². The van der Waals surface area contributed by atoms with Gasteiger partial charge < -0.3 is 0 Å². The Balaban J connectivity index is 2.02. The molecule has 1 aliphatic heterocycles. The van der Waals surface area contributed by atoms with Gasteiger partial charge in [-0.25, -0.2) is 8.42 Å². The van der Waals surface area contributed by atoms with Crippen molar-refractivity contribution in [2.24, 2.45) is 0 Å². The molecule has 0 saturated carbocycles. The lowest BCUT2D eigenvalue weighted by molar-refractivity contribution is 0.329. The van der Waals surface area contributed by atoms with Crippen molar-refractivity contribution in [3.8, 4) is 0 Å². The van der Waals surface area contributed by atoms with Gasteiger partial charge in [0.15, 0.2) is 0 Å². The summed E-state index contributed by atoms with van der Waals surface area (Å²) in [4.78, 5) is 0.312. The van der Waals surface area contributed by atoms with Gasteiger partial charge in [-0.3, -0.25) is 0 Å².